The topological polar surface area (TPSA) is 38.4 Å². The summed E-state index contributed by atoms with van der Waals surface area (Å²) in [6, 6.07) is 0. The van der Waals surface area contributed by atoms with Crippen LogP contribution in [0, 0.1) is 5.92 Å². The summed E-state index contributed by atoms with van der Waals surface area (Å²) < 4.78 is 3.76. The summed E-state index contributed by atoms with van der Waals surface area (Å²) in [6.07, 6.45) is 1.69. The van der Waals surface area contributed by atoms with E-state index in [2.05, 4.69) is 24.8 Å². The summed E-state index contributed by atoms with van der Waals surface area (Å²) in [5.41, 5.74) is 1.01. The van der Waals surface area contributed by atoms with Crippen LogP contribution in [0.4, 0.5) is 0 Å². The second-order valence-electron chi connectivity index (χ2n) is 2.07. The maximum Gasteiger partial charge on any atom is 0.0555 e. The second-order valence-corrected chi connectivity index (χ2v) is 2.49. The highest BCUT2D eigenvalue weighted by atomic mass is 32.2. The largest absolute Gasteiger partial charge is 0.258 e. The van der Waals surface area contributed by atoms with Crippen molar-refractivity contribution < 1.29 is 0 Å². The molecule has 0 fully saturated rings. The molecule has 3 heteroatoms. The zero-order valence-electron chi connectivity index (χ0n) is 5.79. The van der Waals surface area contributed by atoms with Gasteiger partial charge in [-0.2, -0.15) is 0 Å². The predicted octanol–water partition coefficient (Wildman–Crippen LogP) is 1.79. The van der Waals surface area contributed by atoms with Gasteiger partial charge in [0.2, 0.25) is 0 Å². The molecular weight excluding hydrogens is 132 g/mol. The smallest absolute Gasteiger partial charge is 0.0555 e. The Balaban J connectivity index is 3.63. The van der Waals surface area contributed by atoms with Crippen molar-refractivity contribution in [1.29, 1.82) is 0 Å². The van der Waals surface area contributed by atoms with Crippen molar-refractivity contribution in [3.8, 4) is 0 Å². The van der Waals surface area contributed by atoms with E-state index in [1.54, 1.807) is 6.21 Å². The number of nitrogens with two attached hydrogens (primary N) is 1. The van der Waals surface area contributed by atoms with Gasteiger partial charge in [-0.25, -0.2) is 4.40 Å². The Labute approximate surface area is 60.5 Å². The van der Waals surface area contributed by atoms with Crippen LogP contribution in [-0.2, 0) is 0 Å². The predicted molar refractivity (Wildman–Crippen MR) is 44.2 cm³/mol. The van der Waals surface area contributed by atoms with Crippen LogP contribution in [0.3, 0.4) is 0 Å². The number of nitrogens with zero attached hydrogens (tertiary/aromatic N) is 1. The van der Waals surface area contributed by atoms with E-state index >= 15 is 0 Å². The van der Waals surface area contributed by atoms with Gasteiger partial charge in [0.1, 0.15) is 0 Å². The Morgan fingerprint density at radius 3 is 2.67 bits per heavy atom. The molecule has 0 aliphatic rings. The molecule has 0 bridgehead atoms. The van der Waals surface area contributed by atoms with Crippen LogP contribution < -0.4 is 5.14 Å². The van der Waals surface area contributed by atoms with Crippen LogP contribution in [-0.4, -0.2) is 6.21 Å². The van der Waals surface area contributed by atoms with Gasteiger partial charge in [-0.05, 0) is 11.5 Å². The zero-order valence-corrected chi connectivity index (χ0v) is 6.61. The third kappa shape index (κ3) is 4.24. The van der Waals surface area contributed by atoms with E-state index in [4.69, 9.17) is 5.14 Å². The van der Waals surface area contributed by atoms with E-state index < -0.39 is 0 Å². The van der Waals surface area contributed by atoms with Crippen LogP contribution in [0.5, 0.6) is 0 Å². The van der Waals surface area contributed by atoms with Gasteiger partial charge >= 0.3 is 0 Å². The van der Waals surface area contributed by atoms with Gasteiger partial charge in [-0.1, -0.05) is 20.4 Å². The average molecular weight is 144 g/mol. The molecule has 0 saturated carbocycles. The SMILES string of the molecule is C=C(/C=N\SN)C(C)C. The fourth-order valence-corrected chi connectivity index (χ4v) is 0.443. The first-order valence-electron chi connectivity index (χ1n) is 2.76. The minimum atomic E-state index is 0.459. The standard InChI is InChI=1S/C6H12N2S/c1-5(2)6(3)4-8-9-7/h4-5H,3,7H2,1-2H3/b8-4-. The normalized spacial score (nSPS) is 11.1. The molecule has 0 atom stereocenters. The van der Waals surface area contributed by atoms with E-state index in [1.165, 1.54) is 0 Å². The van der Waals surface area contributed by atoms with E-state index in [1.807, 2.05) is 0 Å². The number of rotatable bonds is 3. The van der Waals surface area contributed by atoms with Gasteiger partial charge in [0.25, 0.3) is 0 Å². The molecule has 0 heterocycles. The summed E-state index contributed by atoms with van der Waals surface area (Å²) in [5, 5.41) is 5.05. The molecule has 0 radical (unpaired) electrons. The summed E-state index contributed by atoms with van der Waals surface area (Å²) in [6.45, 7) is 7.90. The van der Waals surface area contributed by atoms with E-state index in [0.717, 1.165) is 17.7 Å². The van der Waals surface area contributed by atoms with Crippen LogP contribution >= 0.6 is 12.1 Å². The van der Waals surface area contributed by atoms with Gasteiger partial charge in [0.15, 0.2) is 0 Å². The van der Waals surface area contributed by atoms with Crippen molar-refractivity contribution in [3.63, 3.8) is 0 Å². The minimum Gasteiger partial charge on any atom is -0.258 e. The molecule has 0 rings (SSSR count). The fourth-order valence-electron chi connectivity index (χ4n) is 0.247. The Morgan fingerprint density at radius 1 is 1.78 bits per heavy atom. The Bertz CT molecular complexity index is 118. The molecular formula is C6H12N2S. The first-order valence-corrected chi connectivity index (χ1v) is 3.60. The molecule has 0 aromatic heterocycles. The molecule has 0 aromatic rings. The molecule has 0 spiro atoms. The van der Waals surface area contributed by atoms with Crippen LogP contribution in [0.25, 0.3) is 0 Å². The minimum absolute atomic E-state index is 0.459. The van der Waals surface area contributed by atoms with Gasteiger partial charge in [0, 0.05) is 6.21 Å². The molecule has 0 aromatic carbocycles. The molecule has 0 saturated heterocycles. The number of hydrogen-bond acceptors (Lipinski definition) is 3. The molecule has 52 valence electrons. The lowest BCUT2D eigenvalue weighted by Gasteiger charge is -1.99. The lowest BCUT2D eigenvalue weighted by molar-refractivity contribution is 0.810. The van der Waals surface area contributed by atoms with Gasteiger partial charge in [0.05, 0.1) is 12.1 Å². The first kappa shape index (κ1) is 8.72. The van der Waals surface area contributed by atoms with Crippen LogP contribution in [0.2, 0.25) is 0 Å². The van der Waals surface area contributed by atoms with Crippen molar-refractivity contribution in [1.82, 2.24) is 0 Å². The molecule has 0 amide bonds. The lowest BCUT2D eigenvalue weighted by atomic mass is 10.1. The van der Waals surface area contributed by atoms with Gasteiger partial charge < -0.3 is 0 Å². The summed E-state index contributed by atoms with van der Waals surface area (Å²) in [5.74, 6) is 0.459. The number of allylic oxidation sites excluding steroid dienone is 1. The van der Waals surface area contributed by atoms with Crippen molar-refractivity contribution >= 4 is 18.3 Å². The van der Waals surface area contributed by atoms with E-state index in [-0.39, 0.29) is 0 Å². The summed E-state index contributed by atoms with van der Waals surface area (Å²) >= 11 is 0.956. The molecule has 0 unspecified atom stereocenters. The number of hydrogen-bond donors (Lipinski definition) is 1. The highest BCUT2D eigenvalue weighted by Crippen LogP contribution is 2.03. The van der Waals surface area contributed by atoms with Crippen LogP contribution in [0.1, 0.15) is 13.8 Å². The summed E-state index contributed by atoms with van der Waals surface area (Å²) in [7, 11) is 0. The van der Waals surface area contributed by atoms with Crippen molar-refractivity contribution in [2.45, 2.75) is 13.8 Å². The molecule has 9 heavy (non-hydrogen) atoms. The molecule has 0 aliphatic carbocycles. The second kappa shape index (κ2) is 4.58. The maximum absolute atomic E-state index is 5.05. The van der Waals surface area contributed by atoms with Crippen molar-refractivity contribution in [2.24, 2.45) is 15.5 Å². The van der Waals surface area contributed by atoms with Gasteiger partial charge in [-0.3, -0.25) is 5.14 Å². The van der Waals surface area contributed by atoms with E-state index in [9.17, 15) is 0 Å². The highest BCUT2D eigenvalue weighted by molar-refractivity contribution is 7.95. The molecule has 0 aliphatic heterocycles. The Morgan fingerprint density at radius 2 is 2.33 bits per heavy atom. The third-order valence-electron chi connectivity index (χ3n) is 1.02. The monoisotopic (exact) mass is 144 g/mol. The fraction of sp³-hybridized carbons (Fsp3) is 0.500. The lowest BCUT2D eigenvalue weighted by Crippen LogP contribution is -1.92. The van der Waals surface area contributed by atoms with Crippen molar-refractivity contribution in [2.75, 3.05) is 0 Å². The van der Waals surface area contributed by atoms with E-state index in [0.29, 0.717) is 5.92 Å². The third-order valence-corrected chi connectivity index (χ3v) is 1.25. The maximum atomic E-state index is 5.05. The van der Waals surface area contributed by atoms with Crippen LogP contribution in [0.15, 0.2) is 16.5 Å². The zero-order chi connectivity index (χ0) is 7.28. The Kier molecular flexibility index (Phi) is 4.44. The quantitative estimate of drug-likeness (QED) is 0.484. The molecule has 2 N–H and O–H groups in total. The average Bonchev–Trinajstić information content (AvgIpc) is 1.82. The highest BCUT2D eigenvalue weighted by Gasteiger charge is 1.93. The van der Waals surface area contributed by atoms with Crippen molar-refractivity contribution in [3.05, 3.63) is 12.2 Å². The van der Waals surface area contributed by atoms with Gasteiger partial charge in [-0.15, -0.1) is 0 Å². The molecule has 2 nitrogen and oxygen atoms in total. The first-order chi connectivity index (χ1) is 4.18. The Hall–Kier alpha value is -0.280. The summed E-state index contributed by atoms with van der Waals surface area (Å²) in [4.78, 5) is 0.